The van der Waals surface area contributed by atoms with Gasteiger partial charge in [-0.1, -0.05) is 13.8 Å². The lowest BCUT2D eigenvalue weighted by Gasteiger charge is -2.17. The van der Waals surface area contributed by atoms with Gasteiger partial charge in [0.15, 0.2) is 0 Å². The normalized spacial score (nSPS) is 15.4. The van der Waals surface area contributed by atoms with Crippen LogP contribution in [-0.4, -0.2) is 11.9 Å². The molecule has 1 aliphatic carbocycles. The largest absolute Gasteiger partial charge is 0.464 e. The number of hydrogen-bond donors (Lipinski definition) is 1. The van der Waals surface area contributed by atoms with Gasteiger partial charge in [0.1, 0.15) is 5.58 Å². The molecule has 0 aliphatic heterocycles. The number of benzene rings is 1. The smallest absolute Gasteiger partial charge is 0.224 e. The van der Waals surface area contributed by atoms with Crippen LogP contribution >= 0.6 is 0 Å². The van der Waals surface area contributed by atoms with Crippen LogP contribution in [0.5, 0.6) is 0 Å². The van der Waals surface area contributed by atoms with Crippen LogP contribution in [0, 0.1) is 5.92 Å². The van der Waals surface area contributed by atoms with E-state index in [1.807, 2.05) is 6.92 Å². The van der Waals surface area contributed by atoms with Gasteiger partial charge in [-0.15, -0.1) is 0 Å². The van der Waals surface area contributed by atoms with Gasteiger partial charge in [-0.3, -0.25) is 4.79 Å². The van der Waals surface area contributed by atoms with Crippen LogP contribution in [0.1, 0.15) is 43.9 Å². The summed E-state index contributed by atoms with van der Waals surface area (Å²) in [5.74, 6) is 0.512. The van der Waals surface area contributed by atoms with Gasteiger partial charge in [0.05, 0.1) is 12.7 Å². The van der Waals surface area contributed by atoms with Crippen molar-refractivity contribution in [2.45, 2.75) is 52.5 Å². The lowest BCUT2D eigenvalue weighted by Crippen LogP contribution is -2.36. The minimum atomic E-state index is 0.0689. The topological polar surface area (TPSA) is 42.2 Å². The lowest BCUT2D eigenvalue weighted by atomic mass is 10.0. The van der Waals surface area contributed by atoms with E-state index in [1.165, 1.54) is 17.5 Å². The minimum Gasteiger partial charge on any atom is -0.464 e. The molecule has 1 N–H and O–H groups in total. The van der Waals surface area contributed by atoms with Crippen LogP contribution in [0.4, 0.5) is 0 Å². The van der Waals surface area contributed by atoms with Crippen molar-refractivity contribution in [1.82, 2.24) is 5.32 Å². The number of furan rings is 1. The predicted molar refractivity (Wildman–Crippen MR) is 84.4 cm³/mol. The molecule has 1 aromatic heterocycles. The van der Waals surface area contributed by atoms with Gasteiger partial charge in [-0.2, -0.15) is 0 Å². The number of nitrogens with one attached hydrogen (secondary N) is 1. The first-order chi connectivity index (χ1) is 10.0. The number of aryl methyl sites for hydroxylation is 2. The molecule has 0 radical (unpaired) electrons. The molecule has 1 aliphatic rings. The van der Waals surface area contributed by atoms with Gasteiger partial charge in [-0.25, -0.2) is 0 Å². The van der Waals surface area contributed by atoms with Crippen LogP contribution in [-0.2, 0) is 24.1 Å². The van der Waals surface area contributed by atoms with E-state index in [1.54, 1.807) is 6.26 Å². The van der Waals surface area contributed by atoms with Crippen molar-refractivity contribution in [3.05, 3.63) is 35.1 Å². The Morgan fingerprint density at radius 2 is 1.95 bits per heavy atom. The molecule has 0 saturated carbocycles. The molecule has 0 fully saturated rings. The fourth-order valence-corrected chi connectivity index (χ4v) is 2.93. The molecule has 21 heavy (non-hydrogen) atoms. The summed E-state index contributed by atoms with van der Waals surface area (Å²) in [5.41, 5.74) is 4.73. The summed E-state index contributed by atoms with van der Waals surface area (Å²) in [4.78, 5) is 12.1. The van der Waals surface area contributed by atoms with Gasteiger partial charge < -0.3 is 9.73 Å². The summed E-state index contributed by atoms with van der Waals surface area (Å²) in [7, 11) is 0. The van der Waals surface area contributed by atoms with Crippen LogP contribution in [0.2, 0.25) is 0 Å². The van der Waals surface area contributed by atoms with Crippen molar-refractivity contribution in [3.8, 4) is 0 Å². The summed E-state index contributed by atoms with van der Waals surface area (Å²) in [6, 6.07) is 4.56. The van der Waals surface area contributed by atoms with E-state index in [0.717, 1.165) is 29.4 Å². The Balaban J connectivity index is 1.80. The van der Waals surface area contributed by atoms with Gasteiger partial charge in [0.2, 0.25) is 5.91 Å². The van der Waals surface area contributed by atoms with E-state index in [0.29, 0.717) is 12.3 Å². The molecule has 112 valence electrons. The summed E-state index contributed by atoms with van der Waals surface area (Å²) < 4.78 is 5.65. The molecule has 3 rings (SSSR count). The summed E-state index contributed by atoms with van der Waals surface area (Å²) in [6.07, 6.45) is 5.64. The third kappa shape index (κ3) is 2.82. The van der Waals surface area contributed by atoms with Crippen molar-refractivity contribution >= 4 is 16.9 Å². The lowest BCUT2D eigenvalue weighted by molar-refractivity contribution is -0.121. The zero-order valence-electron chi connectivity index (χ0n) is 13.0. The molecular formula is C18H23NO2. The minimum absolute atomic E-state index is 0.0689. The van der Waals surface area contributed by atoms with Crippen molar-refractivity contribution in [2.24, 2.45) is 5.92 Å². The molecule has 0 spiro atoms. The van der Waals surface area contributed by atoms with E-state index < -0.39 is 0 Å². The third-order valence-corrected chi connectivity index (χ3v) is 4.61. The van der Waals surface area contributed by atoms with E-state index in [-0.39, 0.29) is 11.9 Å². The second kappa shape index (κ2) is 5.55. The maximum absolute atomic E-state index is 12.1. The van der Waals surface area contributed by atoms with Crippen molar-refractivity contribution in [3.63, 3.8) is 0 Å². The van der Waals surface area contributed by atoms with Gasteiger partial charge >= 0.3 is 0 Å². The number of amides is 1. The molecule has 1 unspecified atom stereocenters. The summed E-state index contributed by atoms with van der Waals surface area (Å²) >= 11 is 0. The van der Waals surface area contributed by atoms with E-state index in [4.69, 9.17) is 4.42 Å². The van der Waals surface area contributed by atoms with Crippen molar-refractivity contribution < 1.29 is 9.21 Å². The van der Waals surface area contributed by atoms with Crippen LogP contribution in [0.15, 0.2) is 22.8 Å². The average Bonchev–Trinajstić information content (AvgIpc) is 3.03. The number of rotatable bonds is 4. The van der Waals surface area contributed by atoms with E-state index >= 15 is 0 Å². The fraction of sp³-hybridized carbons (Fsp3) is 0.500. The molecule has 0 saturated heterocycles. The van der Waals surface area contributed by atoms with E-state index in [9.17, 15) is 4.79 Å². The Morgan fingerprint density at radius 3 is 2.67 bits per heavy atom. The third-order valence-electron chi connectivity index (χ3n) is 4.61. The van der Waals surface area contributed by atoms with Gasteiger partial charge in [-0.05, 0) is 55.4 Å². The van der Waals surface area contributed by atoms with Crippen molar-refractivity contribution in [2.75, 3.05) is 0 Å². The van der Waals surface area contributed by atoms with Crippen LogP contribution in [0.25, 0.3) is 11.0 Å². The molecule has 1 atom stereocenters. The number of carbonyl (C=O) groups is 1. The fourth-order valence-electron chi connectivity index (χ4n) is 2.93. The first-order valence-electron chi connectivity index (χ1n) is 7.86. The zero-order valence-corrected chi connectivity index (χ0v) is 13.0. The van der Waals surface area contributed by atoms with Crippen LogP contribution in [0.3, 0.4) is 0 Å². The number of carbonyl (C=O) groups excluding carboxylic acids is 1. The second-order valence-corrected chi connectivity index (χ2v) is 6.51. The predicted octanol–water partition coefficient (Wildman–Crippen LogP) is 3.62. The molecule has 1 heterocycles. The Labute approximate surface area is 125 Å². The van der Waals surface area contributed by atoms with Gasteiger partial charge in [0.25, 0.3) is 0 Å². The molecule has 1 aromatic carbocycles. The Kier molecular flexibility index (Phi) is 3.75. The standard InChI is InChI=1S/C18H23NO2/c1-11(2)12(3)19-18(20)9-15-10-21-17-8-14-6-4-5-13(14)7-16(15)17/h7-8,10-12H,4-6,9H2,1-3H3,(H,19,20). The molecular weight excluding hydrogens is 262 g/mol. The highest BCUT2D eigenvalue weighted by Crippen LogP contribution is 2.30. The summed E-state index contributed by atoms with van der Waals surface area (Å²) in [6.45, 7) is 6.27. The highest BCUT2D eigenvalue weighted by molar-refractivity contribution is 5.88. The quantitative estimate of drug-likeness (QED) is 0.932. The Hall–Kier alpha value is -1.77. The molecule has 3 nitrogen and oxygen atoms in total. The molecule has 2 aromatic rings. The number of hydrogen-bond acceptors (Lipinski definition) is 2. The van der Waals surface area contributed by atoms with E-state index in [2.05, 4.69) is 31.3 Å². The first kappa shape index (κ1) is 14.2. The Bertz CT molecular complexity index is 669. The second-order valence-electron chi connectivity index (χ2n) is 6.51. The average molecular weight is 285 g/mol. The highest BCUT2D eigenvalue weighted by Gasteiger charge is 2.17. The molecule has 0 bridgehead atoms. The maximum Gasteiger partial charge on any atom is 0.224 e. The Morgan fingerprint density at radius 1 is 1.24 bits per heavy atom. The van der Waals surface area contributed by atoms with Gasteiger partial charge in [0, 0.05) is 17.0 Å². The monoisotopic (exact) mass is 285 g/mol. The number of fused-ring (bicyclic) bond motifs is 2. The van der Waals surface area contributed by atoms with Crippen LogP contribution < -0.4 is 5.32 Å². The summed E-state index contributed by atoms with van der Waals surface area (Å²) in [5, 5.41) is 4.15. The highest BCUT2D eigenvalue weighted by atomic mass is 16.3. The SMILES string of the molecule is CC(C)C(C)NC(=O)Cc1coc2cc3c(cc12)CCC3. The molecule has 3 heteroatoms. The first-order valence-corrected chi connectivity index (χ1v) is 7.86. The molecule has 1 amide bonds. The zero-order chi connectivity index (χ0) is 15.0. The maximum atomic E-state index is 12.1. The van der Waals surface area contributed by atoms with Crippen molar-refractivity contribution in [1.29, 1.82) is 0 Å².